The fraction of sp³-hybridized carbons (Fsp3) is 0.560. The quantitative estimate of drug-likeness (QED) is 0.217. The first-order chi connectivity index (χ1) is 18.6. The fourth-order valence-corrected chi connectivity index (χ4v) is 5.81. The summed E-state index contributed by atoms with van der Waals surface area (Å²) in [5.74, 6) is -4.49. The Morgan fingerprint density at radius 2 is 1.97 bits per heavy atom. The Bertz CT molecular complexity index is 1200. The molecule has 0 amide bonds. The number of anilines is 1. The van der Waals surface area contributed by atoms with Crippen molar-refractivity contribution in [3.8, 4) is 5.75 Å². The van der Waals surface area contributed by atoms with E-state index in [1.807, 2.05) is 0 Å². The number of carbonyl (C=O) groups is 1. The number of unbranched alkanes of at least 4 members (excludes halogenated alkanes) is 5. The van der Waals surface area contributed by atoms with E-state index in [1.54, 1.807) is 24.3 Å². The van der Waals surface area contributed by atoms with E-state index in [4.69, 9.17) is 28.8 Å². The number of esters is 1. The molecule has 2 aliphatic rings. The molecule has 0 radical (unpaired) electrons. The molecule has 0 unspecified atom stereocenters. The van der Waals surface area contributed by atoms with E-state index >= 15 is 8.78 Å². The minimum atomic E-state index is -4.29. The molecule has 3 heterocycles. The summed E-state index contributed by atoms with van der Waals surface area (Å²) < 4.78 is 58.9. The zero-order chi connectivity index (χ0) is 28.0. The maximum absolute atomic E-state index is 15.6. The fourth-order valence-electron chi connectivity index (χ4n) is 4.42. The number of hydrogen-bond donors (Lipinski definition) is 2. The van der Waals surface area contributed by atoms with Crippen molar-refractivity contribution < 1.29 is 41.5 Å². The van der Waals surface area contributed by atoms with Gasteiger partial charge < -0.3 is 0 Å². The molecule has 14 heteroatoms. The summed E-state index contributed by atoms with van der Waals surface area (Å²) in [4.78, 5) is 39.1. The number of fused-ring (bicyclic) bond motifs is 1. The third-order valence-electron chi connectivity index (χ3n) is 6.50. The van der Waals surface area contributed by atoms with Crippen molar-refractivity contribution in [1.29, 1.82) is 0 Å². The first kappa shape index (κ1) is 29.3. The van der Waals surface area contributed by atoms with E-state index < -0.39 is 50.8 Å². The van der Waals surface area contributed by atoms with Gasteiger partial charge >= 0.3 is 211 Å². The molecule has 39 heavy (non-hydrogen) atoms. The predicted molar refractivity (Wildman–Crippen MR) is 138 cm³/mol. The van der Waals surface area contributed by atoms with Crippen LogP contribution >= 0.6 is 8.17 Å². The average Bonchev–Trinajstić information content (AvgIpc) is 3.14. The molecule has 2 aliphatic heterocycles. The molecule has 2 aromatic rings. The Balaban J connectivity index is 1.47. The maximum atomic E-state index is 15.6. The first-order valence-corrected chi connectivity index (χ1v) is 14.6. The van der Waals surface area contributed by atoms with Gasteiger partial charge in [-0.05, 0) is 0 Å². The second-order valence-corrected chi connectivity index (χ2v) is 11.3. The Hall–Kier alpha value is -2.70. The van der Waals surface area contributed by atoms with Crippen LogP contribution in [-0.2, 0) is 29.9 Å². The average molecular weight is 574 g/mol. The molecule has 4 rings (SSSR count). The van der Waals surface area contributed by atoms with E-state index in [-0.39, 0.29) is 18.8 Å². The SMILES string of the molecule is CCCCCCCCC(=O)O[C@@H]1[C@@H](CO[PH]2(O)OCc3ccccc3O2)O[C@@H](n2ccc(N)nc2=O)C1(F)F. The number of aromatic nitrogens is 2. The van der Waals surface area contributed by atoms with Gasteiger partial charge in [0.05, 0.1) is 0 Å². The van der Waals surface area contributed by atoms with Crippen LogP contribution in [0.3, 0.4) is 0 Å². The number of benzene rings is 1. The van der Waals surface area contributed by atoms with Crippen molar-refractivity contribution in [2.24, 2.45) is 0 Å². The van der Waals surface area contributed by atoms with Gasteiger partial charge in [0.2, 0.25) is 0 Å². The van der Waals surface area contributed by atoms with Crippen LogP contribution in [0.25, 0.3) is 0 Å². The molecule has 0 saturated carbocycles. The van der Waals surface area contributed by atoms with E-state index in [2.05, 4.69) is 11.9 Å². The molecule has 0 bridgehead atoms. The molecule has 11 nitrogen and oxygen atoms in total. The topological polar surface area (TPSA) is 144 Å². The standard InChI is InChI=1S/C25H34F2N3O8P/c1-2-3-4-5-6-7-12-21(31)37-22-19(16-35-39(33)34-15-17-10-8-9-11-18(17)38-39)36-23(25(22,26)27)30-14-13-20(28)29-24(30)32/h8-11,13-14,19,22-23,33,39H,2-7,12,15-16H2,1H3,(H2,28,29,32)/t19-,22-,23-/m1/s1. The van der Waals surface area contributed by atoms with Crippen molar-refractivity contribution in [1.82, 2.24) is 9.55 Å². The van der Waals surface area contributed by atoms with Crippen molar-refractivity contribution in [3.63, 3.8) is 0 Å². The van der Waals surface area contributed by atoms with Gasteiger partial charge in [0, 0.05) is 0 Å². The monoisotopic (exact) mass is 573 g/mol. The number of carbonyl (C=O) groups excluding carboxylic acids is 1. The molecule has 3 atom stereocenters. The van der Waals surface area contributed by atoms with E-state index in [0.29, 0.717) is 22.3 Å². The summed E-state index contributed by atoms with van der Waals surface area (Å²) >= 11 is 0. The summed E-state index contributed by atoms with van der Waals surface area (Å²) in [6.07, 6.45) is 0.514. The van der Waals surface area contributed by atoms with Gasteiger partial charge in [0.15, 0.2) is 0 Å². The van der Waals surface area contributed by atoms with E-state index in [9.17, 15) is 14.5 Å². The van der Waals surface area contributed by atoms with Crippen LogP contribution in [0.1, 0.15) is 63.7 Å². The third-order valence-corrected chi connectivity index (χ3v) is 8.02. The molecule has 216 valence electrons. The number of nitrogens with zero attached hydrogens (tertiary/aromatic N) is 2. The number of alkyl halides is 2. The Kier molecular flexibility index (Phi) is 9.50. The normalized spacial score (nSPS) is 23.9. The number of ether oxygens (including phenoxy) is 2. The zero-order valence-corrected chi connectivity index (χ0v) is 22.6. The second kappa shape index (κ2) is 12.6. The van der Waals surface area contributed by atoms with Crippen LogP contribution in [0.4, 0.5) is 14.6 Å². The molecule has 1 aromatic carbocycles. The zero-order valence-electron chi connectivity index (χ0n) is 21.6. The van der Waals surface area contributed by atoms with Gasteiger partial charge in [-0.25, -0.2) is 0 Å². The van der Waals surface area contributed by atoms with Gasteiger partial charge in [-0.3, -0.25) is 0 Å². The van der Waals surface area contributed by atoms with Crippen molar-refractivity contribution in [2.75, 3.05) is 12.3 Å². The number of halogens is 2. The van der Waals surface area contributed by atoms with E-state index in [1.165, 1.54) is 6.07 Å². The van der Waals surface area contributed by atoms with Gasteiger partial charge in [-0.15, -0.1) is 0 Å². The Morgan fingerprint density at radius 3 is 2.74 bits per heavy atom. The van der Waals surface area contributed by atoms with Crippen LogP contribution in [-0.4, -0.2) is 45.2 Å². The molecule has 0 aliphatic carbocycles. The summed E-state index contributed by atoms with van der Waals surface area (Å²) in [5, 5.41) is 0. The van der Waals surface area contributed by atoms with Crippen LogP contribution < -0.4 is 15.9 Å². The van der Waals surface area contributed by atoms with Gasteiger partial charge in [-0.1, -0.05) is 13.3 Å². The molecule has 1 saturated heterocycles. The van der Waals surface area contributed by atoms with Crippen LogP contribution in [0.5, 0.6) is 5.75 Å². The summed E-state index contributed by atoms with van der Waals surface area (Å²) in [6, 6.07) is 7.99. The molecule has 0 spiro atoms. The second-order valence-electron chi connectivity index (χ2n) is 9.51. The van der Waals surface area contributed by atoms with Crippen molar-refractivity contribution in [2.45, 2.75) is 82.8 Å². The first-order valence-electron chi connectivity index (χ1n) is 13.0. The molecular weight excluding hydrogens is 539 g/mol. The van der Waals surface area contributed by atoms with Crippen LogP contribution in [0, 0.1) is 0 Å². The molecular formula is C25H34F2N3O8P. The van der Waals surface area contributed by atoms with Gasteiger partial charge in [0.25, 0.3) is 0 Å². The third kappa shape index (κ3) is 7.09. The van der Waals surface area contributed by atoms with Crippen molar-refractivity contribution >= 4 is 20.0 Å². The number of para-hydroxylation sites is 1. The Morgan fingerprint density at radius 1 is 1.23 bits per heavy atom. The number of nitrogens with two attached hydrogens (primary N) is 1. The minimum absolute atomic E-state index is 0.00756. The Labute approximate surface area is 224 Å². The van der Waals surface area contributed by atoms with Gasteiger partial charge in [0.1, 0.15) is 0 Å². The molecule has 1 fully saturated rings. The molecule has 1 aromatic heterocycles. The number of hydrogen-bond acceptors (Lipinski definition) is 10. The van der Waals surface area contributed by atoms with Crippen LogP contribution in [0.2, 0.25) is 0 Å². The van der Waals surface area contributed by atoms with E-state index in [0.717, 1.165) is 38.3 Å². The van der Waals surface area contributed by atoms with Crippen molar-refractivity contribution in [3.05, 3.63) is 52.6 Å². The predicted octanol–water partition coefficient (Wildman–Crippen LogP) is 4.05. The number of nitrogen functional groups attached to an aromatic ring is 1. The van der Waals surface area contributed by atoms with Crippen LogP contribution in [0.15, 0.2) is 41.3 Å². The summed E-state index contributed by atoms with van der Waals surface area (Å²) in [7, 11) is -4.29. The number of rotatable bonds is 12. The summed E-state index contributed by atoms with van der Waals surface area (Å²) in [5.41, 5.74) is 5.10. The van der Waals surface area contributed by atoms with Gasteiger partial charge in [-0.2, -0.15) is 0 Å². The molecule has 3 N–H and O–H groups in total. The summed E-state index contributed by atoms with van der Waals surface area (Å²) in [6.45, 7) is 1.42.